The summed E-state index contributed by atoms with van der Waals surface area (Å²) in [6.07, 6.45) is 0. The minimum Gasteiger partial charge on any atom is -0.454 e. The van der Waals surface area contributed by atoms with Gasteiger partial charge < -0.3 is 19.7 Å². The second-order valence-corrected chi connectivity index (χ2v) is 6.13. The van der Waals surface area contributed by atoms with Crippen molar-refractivity contribution in [1.29, 1.82) is 5.26 Å². The number of hydrogen-bond acceptors (Lipinski definition) is 5. The van der Waals surface area contributed by atoms with Crippen molar-refractivity contribution in [2.75, 3.05) is 36.6 Å². The lowest BCUT2D eigenvalue weighted by Gasteiger charge is -2.18. The zero-order valence-electron chi connectivity index (χ0n) is 14.3. The van der Waals surface area contributed by atoms with E-state index in [1.165, 1.54) is 4.90 Å². The van der Waals surface area contributed by atoms with Gasteiger partial charge in [0.05, 0.1) is 11.6 Å². The first-order valence-electron chi connectivity index (χ1n) is 8.40. The Bertz CT molecular complexity index is 953. The number of urea groups is 1. The van der Waals surface area contributed by atoms with Gasteiger partial charge in [-0.1, -0.05) is 6.07 Å². The molecule has 2 aliphatic heterocycles. The second kappa shape index (κ2) is 6.88. The Balaban J connectivity index is 1.40. The number of amides is 3. The summed E-state index contributed by atoms with van der Waals surface area (Å²) < 4.78 is 10.6. The minimum atomic E-state index is -0.314. The van der Waals surface area contributed by atoms with E-state index < -0.39 is 0 Å². The average molecular weight is 364 g/mol. The number of carbonyl (C=O) groups is 2. The summed E-state index contributed by atoms with van der Waals surface area (Å²) in [6, 6.07) is 13.7. The van der Waals surface area contributed by atoms with Gasteiger partial charge >= 0.3 is 6.03 Å². The van der Waals surface area contributed by atoms with Gasteiger partial charge in [-0.2, -0.15) is 5.26 Å². The zero-order chi connectivity index (χ0) is 18.8. The van der Waals surface area contributed by atoms with Gasteiger partial charge in [-0.3, -0.25) is 9.69 Å². The van der Waals surface area contributed by atoms with Crippen LogP contribution in [0.2, 0.25) is 0 Å². The topological polar surface area (TPSA) is 94.9 Å². The predicted molar refractivity (Wildman–Crippen MR) is 96.7 cm³/mol. The van der Waals surface area contributed by atoms with Gasteiger partial charge in [-0.15, -0.1) is 0 Å². The highest BCUT2D eigenvalue weighted by atomic mass is 16.7. The monoisotopic (exact) mass is 364 g/mol. The van der Waals surface area contributed by atoms with Crippen molar-refractivity contribution < 1.29 is 19.1 Å². The quantitative estimate of drug-likeness (QED) is 0.897. The van der Waals surface area contributed by atoms with Crippen molar-refractivity contribution in [3.05, 3.63) is 48.0 Å². The molecule has 0 unspecified atom stereocenters. The van der Waals surface area contributed by atoms with E-state index in [9.17, 15) is 9.59 Å². The molecule has 0 radical (unpaired) electrons. The number of nitrogens with zero attached hydrogens (tertiary/aromatic N) is 3. The number of fused-ring (bicyclic) bond motifs is 1. The fourth-order valence-electron chi connectivity index (χ4n) is 3.06. The number of ether oxygens (including phenoxy) is 2. The summed E-state index contributed by atoms with van der Waals surface area (Å²) in [5, 5.41) is 11.6. The summed E-state index contributed by atoms with van der Waals surface area (Å²) in [7, 11) is 0. The van der Waals surface area contributed by atoms with E-state index in [1.54, 1.807) is 47.4 Å². The fourth-order valence-corrected chi connectivity index (χ4v) is 3.06. The molecule has 4 rings (SSSR count). The number of anilines is 2. The van der Waals surface area contributed by atoms with Crippen LogP contribution in [-0.4, -0.2) is 43.3 Å². The molecule has 0 aromatic heterocycles. The van der Waals surface area contributed by atoms with Crippen LogP contribution >= 0.6 is 0 Å². The standard InChI is InChI=1S/C19H16N4O4/c20-10-13-2-1-3-14(8-13)21-18(24)11-22-6-7-23(19(22)25)15-4-5-16-17(9-15)27-12-26-16/h1-5,8-9H,6-7,11-12H2,(H,21,24). The molecule has 2 heterocycles. The van der Waals surface area contributed by atoms with Crippen molar-refractivity contribution >= 4 is 23.3 Å². The van der Waals surface area contributed by atoms with Crippen LogP contribution in [0.4, 0.5) is 16.2 Å². The molecule has 27 heavy (non-hydrogen) atoms. The lowest BCUT2D eigenvalue weighted by atomic mass is 10.2. The second-order valence-electron chi connectivity index (χ2n) is 6.13. The third-order valence-corrected chi connectivity index (χ3v) is 4.37. The van der Waals surface area contributed by atoms with E-state index >= 15 is 0 Å². The van der Waals surface area contributed by atoms with Crippen LogP contribution in [-0.2, 0) is 4.79 Å². The van der Waals surface area contributed by atoms with Crippen LogP contribution in [0, 0.1) is 11.3 Å². The zero-order valence-corrected chi connectivity index (χ0v) is 14.3. The molecule has 1 N–H and O–H groups in total. The number of rotatable bonds is 4. The summed E-state index contributed by atoms with van der Waals surface area (Å²) in [6.45, 7) is 1.04. The molecule has 0 aliphatic carbocycles. The van der Waals surface area contributed by atoms with Crippen molar-refractivity contribution in [3.8, 4) is 17.6 Å². The van der Waals surface area contributed by atoms with Gasteiger partial charge in [0.2, 0.25) is 12.7 Å². The molecule has 136 valence electrons. The van der Waals surface area contributed by atoms with Crippen LogP contribution in [0.25, 0.3) is 0 Å². The van der Waals surface area contributed by atoms with E-state index in [-0.39, 0.29) is 25.3 Å². The number of nitrogens with one attached hydrogen (secondary N) is 1. The van der Waals surface area contributed by atoms with E-state index in [0.29, 0.717) is 41.5 Å². The molecule has 0 saturated carbocycles. The molecule has 0 spiro atoms. The first-order valence-corrected chi connectivity index (χ1v) is 8.40. The molecule has 0 atom stereocenters. The van der Waals surface area contributed by atoms with Crippen molar-refractivity contribution in [2.45, 2.75) is 0 Å². The molecule has 8 heteroatoms. The number of nitriles is 1. The first-order chi connectivity index (χ1) is 13.1. The summed E-state index contributed by atoms with van der Waals surface area (Å²) >= 11 is 0. The SMILES string of the molecule is N#Cc1cccc(NC(=O)CN2CCN(c3ccc4c(c3)OCO4)C2=O)c1. The van der Waals surface area contributed by atoms with Crippen LogP contribution in [0.5, 0.6) is 11.5 Å². The van der Waals surface area contributed by atoms with Crippen LogP contribution in [0.3, 0.4) is 0 Å². The molecule has 0 bridgehead atoms. The maximum Gasteiger partial charge on any atom is 0.325 e. The highest BCUT2D eigenvalue weighted by Gasteiger charge is 2.31. The molecular formula is C19H16N4O4. The lowest BCUT2D eigenvalue weighted by Crippen LogP contribution is -2.37. The van der Waals surface area contributed by atoms with Gasteiger partial charge in [-0.25, -0.2) is 4.79 Å². The van der Waals surface area contributed by atoms with Gasteiger partial charge in [-0.05, 0) is 30.3 Å². The molecule has 3 amide bonds. The summed E-state index contributed by atoms with van der Waals surface area (Å²) in [4.78, 5) is 28.0. The molecule has 8 nitrogen and oxygen atoms in total. The van der Waals surface area contributed by atoms with Gasteiger partial charge in [0, 0.05) is 30.5 Å². The highest BCUT2D eigenvalue weighted by Crippen LogP contribution is 2.36. The Labute approximate surface area is 155 Å². The van der Waals surface area contributed by atoms with Crippen LogP contribution in [0.15, 0.2) is 42.5 Å². The van der Waals surface area contributed by atoms with E-state index in [1.807, 2.05) is 6.07 Å². The fraction of sp³-hybridized carbons (Fsp3) is 0.211. The Morgan fingerprint density at radius 2 is 2.00 bits per heavy atom. The molecule has 1 saturated heterocycles. The molecule has 1 fully saturated rings. The molecule has 2 aromatic carbocycles. The van der Waals surface area contributed by atoms with Crippen molar-refractivity contribution in [1.82, 2.24) is 4.90 Å². The smallest absolute Gasteiger partial charge is 0.325 e. The van der Waals surface area contributed by atoms with E-state index in [4.69, 9.17) is 14.7 Å². The highest BCUT2D eigenvalue weighted by molar-refractivity contribution is 5.99. The summed E-state index contributed by atoms with van der Waals surface area (Å²) in [5.41, 5.74) is 1.69. The van der Waals surface area contributed by atoms with Gasteiger partial charge in [0.15, 0.2) is 11.5 Å². The Kier molecular flexibility index (Phi) is 4.26. The van der Waals surface area contributed by atoms with Gasteiger partial charge in [0.25, 0.3) is 0 Å². The summed E-state index contributed by atoms with van der Waals surface area (Å²) in [5.74, 6) is 0.945. The Morgan fingerprint density at radius 3 is 2.85 bits per heavy atom. The van der Waals surface area contributed by atoms with Crippen LogP contribution in [0.1, 0.15) is 5.56 Å². The largest absolute Gasteiger partial charge is 0.454 e. The normalized spacial score (nSPS) is 15.0. The Morgan fingerprint density at radius 1 is 1.15 bits per heavy atom. The molecule has 2 aliphatic rings. The molecular weight excluding hydrogens is 348 g/mol. The predicted octanol–water partition coefficient (Wildman–Crippen LogP) is 2.17. The van der Waals surface area contributed by atoms with Crippen LogP contribution < -0.4 is 19.7 Å². The number of carbonyl (C=O) groups excluding carboxylic acids is 2. The minimum absolute atomic E-state index is 0.0589. The third-order valence-electron chi connectivity index (χ3n) is 4.37. The maximum absolute atomic E-state index is 12.7. The average Bonchev–Trinajstić information content (AvgIpc) is 3.28. The molecule has 2 aromatic rings. The third kappa shape index (κ3) is 3.35. The Hall–Kier alpha value is -3.73. The number of hydrogen-bond donors (Lipinski definition) is 1. The first kappa shape index (κ1) is 16.7. The lowest BCUT2D eigenvalue weighted by molar-refractivity contribution is -0.116. The van der Waals surface area contributed by atoms with Gasteiger partial charge in [0.1, 0.15) is 6.54 Å². The number of benzene rings is 2. The van der Waals surface area contributed by atoms with E-state index in [2.05, 4.69) is 5.32 Å². The maximum atomic E-state index is 12.7. The van der Waals surface area contributed by atoms with E-state index in [0.717, 1.165) is 0 Å². The van der Waals surface area contributed by atoms with Crippen molar-refractivity contribution in [2.24, 2.45) is 0 Å². The van der Waals surface area contributed by atoms with Crippen molar-refractivity contribution in [3.63, 3.8) is 0 Å².